The second-order valence-corrected chi connectivity index (χ2v) is 4.28. The average molecular weight is 247 g/mol. The van der Waals surface area contributed by atoms with E-state index in [2.05, 4.69) is 4.74 Å². The Hall–Kier alpha value is -1.81. The minimum atomic E-state index is -0.534. The van der Waals surface area contributed by atoms with E-state index >= 15 is 0 Å². The number of para-hydroxylation sites is 1. The van der Waals surface area contributed by atoms with Crippen LogP contribution in [0.5, 0.6) is 0 Å². The lowest BCUT2D eigenvalue weighted by Crippen LogP contribution is -2.31. The van der Waals surface area contributed by atoms with Gasteiger partial charge in [0.15, 0.2) is 0 Å². The number of furan rings is 1. The van der Waals surface area contributed by atoms with Gasteiger partial charge in [-0.1, -0.05) is 18.2 Å². The summed E-state index contributed by atoms with van der Waals surface area (Å²) < 4.78 is 10.0. The van der Waals surface area contributed by atoms with Crippen molar-refractivity contribution in [1.29, 1.82) is 0 Å². The van der Waals surface area contributed by atoms with E-state index < -0.39 is 6.04 Å². The van der Waals surface area contributed by atoms with Crippen molar-refractivity contribution in [1.82, 2.24) is 0 Å². The number of aryl methyl sites for hydroxylation is 1. The van der Waals surface area contributed by atoms with Gasteiger partial charge < -0.3 is 14.9 Å². The molecule has 0 bridgehead atoms. The van der Waals surface area contributed by atoms with Crippen LogP contribution in [0.3, 0.4) is 0 Å². The van der Waals surface area contributed by atoms with E-state index in [1.807, 2.05) is 24.3 Å². The van der Waals surface area contributed by atoms with Crippen molar-refractivity contribution in [3.63, 3.8) is 0 Å². The number of hydrogen-bond donors (Lipinski definition) is 1. The SMILES string of the molecule is COC(=O)C(N)CCCc1coc2ccccc12. The molecule has 4 nitrogen and oxygen atoms in total. The molecule has 0 aliphatic rings. The van der Waals surface area contributed by atoms with Crippen LogP contribution < -0.4 is 5.73 Å². The maximum absolute atomic E-state index is 11.2. The van der Waals surface area contributed by atoms with Gasteiger partial charge in [-0.2, -0.15) is 0 Å². The van der Waals surface area contributed by atoms with E-state index in [0.29, 0.717) is 6.42 Å². The third-order valence-electron chi connectivity index (χ3n) is 3.03. The van der Waals surface area contributed by atoms with Gasteiger partial charge in [-0.3, -0.25) is 4.79 Å². The molecule has 96 valence electrons. The minimum absolute atomic E-state index is 0.355. The molecule has 2 aromatic rings. The minimum Gasteiger partial charge on any atom is -0.468 e. The second kappa shape index (κ2) is 5.69. The van der Waals surface area contributed by atoms with Gasteiger partial charge in [0.2, 0.25) is 0 Å². The van der Waals surface area contributed by atoms with E-state index in [4.69, 9.17) is 10.2 Å². The summed E-state index contributed by atoms with van der Waals surface area (Å²) in [5.74, 6) is -0.355. The lowest BCUT2D eigenvalue weighted by Gasteiger charge is -2.07. The molecule has 2 N–H and O–H groups in total. The molecular formula is C14H17NO3. The van der Waals surface area contributed by atoms with Crippen molar-refractivity contribution in [2.24, 2.45) is 5.73 Å². The molecule has 18 heavy (non-hydrogen) atoms. The van der Waals surface area contributed by atoms with Crippen LogP contribution in [0.15, 0.2) is 34.9 Å². The van der Waals surface area contributed by atoms with Crippen molar-refractivity contribution in [2.75, 3.05) is 7.11 Å². The predicted octanol–water partition coefficient (Wildman–Crippen LogP) is 2.26. The third-order valence-corrected chi connectivity index (χ3v) is 3.03. The monoisotopic (exact) mass is 247 g/mol. The molecule has 0 aliphatic heterocycles. The zero-order valence-corrected chi connectivity index (χ0v) is 10.4. The number of methoxy groups -OCH3 is 1. The predicted molar refractivity (Wildman–Crippen MR) is 69.1 cm³/mol. The van der Waals surface area contributed by atoms with Gasteiger partial charge in [0.05, 0.1) is 13.4 Å². The quantitative estimate of drug-likeness (QED) is 0.823. The van der Waals surface area contributed by atoms with Gasteiger partial charge >= 0.3 is 5.97 Å². The van der Waals surface area contributed by atoms with Gasteiger partial charge in [-0.25, -0.2) is 0 Å². The number of hydrogen-bond acceptors (Lipinski definition) is 4. The van der Waals surface area contributed by atoms with Crippen LogP contribution in [0.2, 0.25) is 0 Å². The Labute approximate surface area is 106 Å². The molecule has 0 radical (unpaired) electrons. The molecule has 4 heteroatoms. The van der Waals surface area contributed by atoms with Gasteiger partial charge in [-0.05, 0) is 30.9 Å². The summed E-state index contributed by atoms with van der Waals surface area (Å²) in [5, 5.41) is 1.13. The Morgan fingerprint density at radius 3 is 3.00 bits per heavy atom. The molecule has 1 heterocycles. The summed E-state index contributed by atoms with van der Waals surface area (Å²) in [6.45, 7) is 0. The highest BCUT2D eigenvalue weighted by molar-refractivity contribution is 5.80. The van der Waals surface area contributed by atoms with Gasteiger partial charge in [0.1, 0.15) is 11.6 Å². The fourth-order valence-electron chi connectivity index (χ4n) is 2.01. The fourth-order valence-corrected chi connectivity index (χ4v) is 2.01. The number of carbonyl (C=O) groups excluding carboxylic acids is 1. The Morgan fingerprint density at radius 1 is 1.44 bits per heavy atom. The van der Waals surface area contributed by atoms with E-state index in [0.717, 1.165) is 29.4 Å². The molecule has 2 rings (SSSR count). The number of nitrogens with two attached hydrogens (primary N) is 1. The largest absolute Gasteiger partial charge is 0.468 e. The van der Waals surface area contributed by atoms with Crippen LogP contribution in [-0.2, 0) is 16.0 Å². The van der Waals surface area contributed by atoms with Crippen molar-refractivity contribution in [2.45, 2.75) is 25.3 Å². The van der Waals surface area contributed by atoms with Crippen molar-refractivity contribution >= 4 is 16.9 Å². The molecular weight excluding hydrogens is 230 g/mol. The number of ether oxygens (including phenoxy) is 1. The van der Waals surface area contributed by atoms with Crippen LogP contribution in [0.4, 0.5) is 0 Å². The lowest BCUT2D eigenvalue weighted by atomic mass is 10.0. The lowest BCUT2D eigenvalue weighted by molar-refractivity contribution is -0.142. The standard InChI is InChI=1S/C14H17NO3/c1-17-14(16)12(15)7-4-5-10-9-18-13-8-3-2-6-11(10)13/h2-3,6,8-9,12H,4-5,7,15H2,1H3. The Kier molecular flexibility index (Phi) is 3.99. The molecule has 0 saturated carbocycles. The fraction of sp³-hybridized carbons (Fsp3) is 0.357. The number of esters is 1. The zero-order chi connectivity index (χ0) is 13.0. The third kappa shape index (κ3) is 2.71. The molecule has 1 aromatic heterocycles. The number of rotatable bonds is 5. The first-order valence-corrected chi connectivity index (χ1v) is 6.01. The highest BCUT2D eigenvalue weighted by atomic mass is 16.5. The topological polar surface area (TPSA) is 65.5 Å². The van der Waals surface area contributed by atoms with Crippen molar-refractivity contribution in [3.05, 3.63) is 36.1 Å². The molecule has 1 unspecified atom stereocenters. The summed E-state index contributed by atoms with van der Waals surface area (Å²) in [6, 6.07) is 7.38. The van der Waals surface area contributed by atoms with Crippen molar-refractivity contribution < 1.29 is 13.9 Å². The summed E-state index contributed by atoms with van der Waals surface area (Å²) in [5.41, 5.74) is 7.73. The summed E-state index contributed by atoms with van der Waals surface area (Å²) in [7, 11) is 1.35. The summed E-state index contributed by atoms with van der Waals surface area (Å²) in [4.78, 5) is 11.2. The Morgan fingerprint density at radius 2 is 2.22 bits per heavy atom. The molecule has 0 spiro atoms. The summed E-state index contributed by atoms with van der Waals surface area (Å²) >= 11 is 0. The smallest absolute Gasteiger partial charge is 0.322 e. The molecule has 1 atom stereocenters. The molecule has 1 aromatic carbocycles. The van der Waals surface area contributed by atoms with Crippen LogP contribution in [0.1, 0.15) is 18.4 Å². The Bertz CT molecular complexity index is 533. The van der Waals surface area contributed by atoms with E-state index in [9.17, 15) is 4.79 Å². The van der Waals surface area contributed by atoms with Crippen LogP contribution in [0.25, 0.3) is 11.0 Å². The summed E-state index contributed by atoms with van der Waals surface area (Å²) in [6.07, 6.45) is 4.07. The van der Waals surface area contributed by atoms with Gasteiger partial charge in [0.25, 0.3) is 0 Å². The number of carbonyl (C=O) groups is 1. The molecule has 0 aliphatic carbocycles. The first kappa shape index (κ1) is 12.6. The first-order chi connectivity index (χ1) is 8.72. The molecule has 0 saturated heterocycles. The first-order valence-electron chi connectivity index (χ1n) is 6.01. The van der Waals surface area contributed by atoms with E-state index in [1.165, 1.54) is 7.11 Å². The van der Waals surface area contributed by atoms with Gasteiger partial charge in [0, 0.05) is 5.39 Å². The highest BCUT2D eigenvalue weighted by Crippen LogP contribution is 2.22. The second-order valence-electron chi connectivity index (χ2n) is 4.28. The maximum Gasteiger partial charge on any atom is 0.322 e. The number of fused-ring (bicyclic) bond motifs is 1. The average Bonchev–Trinajstić information content (AvgIpc) is 2.81. The molecule has 0 amide bonds. The van der Waals surface area contributed by atoms with Crippen LogP contribution in [0, 0.1) is 0 Å². The van der Waals surface area contributed by atoms with Crippen LogP contribution >= 0.6 is 0 Å². The molecule has 0 fully saturated rings. The maximum atomic E-state index is 11.2. The highest BCUT2D eigenvalue weighted by Gasteiger charge is 2.13. The van der Waals surface area contributed by atoms with Crippen molar-refractivity contribution in [3.8, 4) is 0 Å². The van der Waals surface area contributed by atoms with Gasteiger partial charge in [-0.15, -0.1) is 0 Å². The normalized spacial score (nSPS) is 12.6. The van der Waals surface area contributed by atoms with E-state index in [-0.39, 0.29) is 5.97 Å². The van der Waals surface area contributed by atoms with E-state index in [1.54, 1.807) is 6.26 Å². The van der Waals surface area contributed by atoms with Crippen LogP contribution in [-0.4, -0.2) is 19.1 Å². The number of benzene rings is 1. The zero-order valence-electron chi connectivity index (χ0n) is 10.4. The Balaban J connectivity index is 1.93.